The van der Waals surface area contributed by atoms with Crippen LogP contribution in [0.5, 0.6) is 0 Å². The summed E-state index contributed by atoms with van der Waals surface area (Å²) in [5.74, 6) is -1.08. The maximum Gasteiger partial charge on any atom is 0.335 e. The van der Waals surface area contributed by atoms with E-state index in [-0.39, 0.29) is 16.6 Å². The number of carbonyl (C=O) groups is 2. The van der Waals surface area contributed by atoms with Gasteiger partial charge in [0, 0.05) is 36.9 Å². The van der Waals surface area contributed by atoms with Crippen LogP contribution in [-0.4, -0.2) is 59.6 Å². The molecule has 2 N–H and O–H groups in total. The quantitative estimate of drug-likeness (QED) is 0.897. The van der Waals surface area contributed by atoms with Crippen molar-refractivity contribution in [2.75, 3.05) is 38.0 Å². The van der Waals surface area contributed by atoms with Gasteiger partial charge in [-0.05, 0) is 24.7 Å². The van der Waals surface area contributed by atoms with Crippen molar-refractivity contribution in [2.45, 2.75) is 6.92 Å². The van der Waals surface area contributed by atoms with Crippen molar-refractivity contribution < 1.29 is 14.7 Å². The van der Waals surface area contributed by atoms with Crippen molar-refractivity contribution in [3.05, 3.63) is 28.8 Å². The van der Waals surface area contributed by atoms with Gasteiger partial charge in [-0.2, -0.15) is 0 Å². The molecular formula is C14H18ClN3O3. The summed E-state index contributed by atoms with van der Waals surface area (Å²) in [5.41, 5.74) is 0.441. The van der Waals surface area contributed by atoms with Crippen molar-refractivity contribution >= 4 is 29.3 Å². The maximum atomic E-state index is 12.2. The molecule has 114 valence electrons. The minimum absolute atomic E-state index is 0.0496. The van der Waals surface area contributed by atoms with Crippen LogP contribution >= 0.6 is 11.6 Å². The summed E-state index contributed by atoms with van der Waals surface area (Å²) in [4.78, 5) is 27.1. The van der Waals surface area contributed by atoms with E-state index in [0.29, 0.717) is 18.8 Å². The van der Waals surface area contributed by atoms with Gasteiger partial charge < -0.3 is 20.2 Å². The van der Waals surface area contributed by atoms with Gasteiger partial charge in [0.25, 0.3) is 0 Å². The number of aromatic carboxylic acids is 1. The van der Waals surface area contributed by atoms with E-state index in [1.54, 1.807) is 4.90 Å². The summed E-state index contributed by atoms with van der Waals surface area (Å²) >= 11 is 5.87. The predicted molar refractivity (Wildman–Crippen MR) is 81.1 cm³/mol. The van der Waals surface area contributed by atoms with E-state index in [9.17, 15) is 9.59 Å². The fraction of sp³-hybridized carbons (Fsp3) is 0.429. The molecule has 1 aliphatic heterocycles. The van der Waals surface area contributed by atoms with E-state index in [0.717, 1.165) is 19.6 Å². The van der Waals surface area contributed by atoms with Crippen molar-refractivity contribution in [3.63, 3.8) is 0 Å². The first-order chi connectivity index (χ1) is 9.99. The summed E-state index contributed by atoms with van der Waals surface area (Å²) in [6, 6.07) is 4.05. The highest BCUT2D eigenvalue weighted by Gasteiger charge is 2.20. The number of likely N-dealkylation sites (N-methyl/N-ethyl adjacent to an activating group) is 1. The third-order valence-electron chi connectivity index (χ3n) is 3.50. The molecule has 2 rings (SSSR count). The first-order valence-corrected chi connectivity index (χ1v) is 7.19. The zero-order valence-corrected chi connectivity index (χ0v) is 12.6. The number of carboxylic acid groups (broad SMARTS) is 1. The highest BCUT2D eigenvalue weighted by molar-refractivity contribution is 6.31. The summed E-state index contributed by atoms with van der Waals surface area (Å²) < 4.78 is 0. The normalized spacial score (nSPS) is 15.8. The Kier molecular flexibility index (Phi) is 5.03. The van der Waals surface area contributed by atoms with Gasteiger partial charge in [0.1, 0.15) is 0 Å². The van der Waals surface area contributed by atoms with E-state index in [1.807, 2.05) is 0 Å². The Morgan fingerprint density at radius 3 is 2.48 bits per heavy atom. The largest absolute Gasteiger partial charge is 0.478 e. The maximum absolute atomic E-state index is 12.2. The zero-order valence-electron chi connectivity index (χ0n) is 11.8. The molecular weight excluding hydrogens is 294 g/mol. The number of piperazine rings is 1. The number of halogens is 1. The van der Waals surface area contributed by atoms with Crippen molar-refractivity contribution in [1.82, 2.24) is 9.80 Å². The lowest BCUT2D eigenvalue weighted by atomic mass is 10.2. The molecule has 1 aromatic rings. The molecule has 7 heteroatoms. The lowest BCUT2D eigenvalue weighted by Gasteiger charge is -2.34. The van der Waals surface area contributed by atoms with Crippen LogP contribution in [-0.2, 0) is 0 Å². The molecule has 21 heavy (non-hydrogen) atoms. The second kappa shape index (κ2) is 6.78. The van der Waals surface area contributed by atoms with Gasteiger partial charge in [-0.25, -0.2) is 9.59 Å². The highest BCUT2D eigenvalue weighted by atomic mass is 35.5. The molecule has 0 saturated carbocycles. The molecule has 0 spiro atoms. The molecule has 1 aliphatic rings. The Labute approximate surface area is 128 Å². The van der Waals surface area contributed by atoms with E-state index < -0.39 is 5.97 Å². The Balaban J connectivity index is 2.01. The molecule has 0 aromatic heterocycles. The number of anilines is 1. The van der Waals surface area contributed by atoms with Gasteiger partial charge in [-0.3, -0.25) is 0 Å². The molecule has 1 saturated heterocycles. The minimum Gasteiger partial charge on any atom is -0.478 e. The SMILES string of the molecule is CCN1CCN(C(=O)Nc2cc(Cl)cc(C(=O)O)c2)CC1. The van der Waals surface area contributed by atoms with Gasteiger partial charge in [0.05, 0.1) is 5.56 Å². The number of nitrogens with one attached hydrogen (secondary N) is 1. The summed E-state index contributed by atoms with van der Waals surface area (Å²) in [6.07, 6.45) is 0. The second-order valence-electron chi connectivity index (χ2n) is 4.89. The third-order valence-corrected chi connectivity index (χ3v) is 3.72. The summed E-state index contributed by atoms with van der Waals surface area (Å²) in [7, 11) is 0. The molecule has 1 aromatic carbocycles. The second-order valence-corrected chi connectivity index (χ2v) is 5.32. The number of rotatable bonds is 3. The molecule has 0 unspecified atom stereocenters. The number of hydrogen-bond acceptors (Lipinski definition) is 3. The molecule has 0 radical (unpaired) electrons. The first kappa shape index (κ1) is 15.6. The third kappa shape index (κ3) is 4.09. The van der Waals surface area contributed by atoms with Gasteiger partial charge in [0.2, 0.25) is 0 Å². The van der Waals surface area contributed by atoms with Crippen LogP contribution in [0.3, 0.4) is 0 Å². The Morgan fingerprint density at radius 2 is 1.90 bits per heavy atom. The van der Waals surface area contributed by atoms with E-state index in [4.69, 9.17) is 16.7 Å². The fourth-order valence-corrected chi connectivity index (χ4v) is 2.49. The van der Waals surface area contributed by atoms with Gasteiger partial charge in [-0.15, -0.1) is 0 Å². The van der Waals surface area contributed by atoms with Gasteiger partial charge in [0.15, 0.2) is 0 Å². The number of benzene rings is 1. The minimum atomic E-state index is -1.08. The highest BCUT2D eigenvalue weighted by Crippen LogP contribution is 2.19. The number of urea groups is 1. The Bertz CT molecular complexity index is 542. The lowest BCUT2D eigenvalue weighted by molar-refractivity contribution is 0.0697. The lowest BCUT2D eigenvalue weighted by Crippen LogP contribution is -2.49. The average molecular weight is 312 g/mol. The summed E-state index contributed by atoms with van der Waals surface area (Å²) in [5, 5.41) is 12.0. The zero-order chi connectivity index (χ0) is 15.4. The van der Waals surface area contributed by atoms with Crippen LogP contribution in [0.1, 0.15) is 17.3 Å². The first-order valence-electron chi connectivity index (χ1n) is 6.81. The van der Waals surface area contributed by atoms with E-state index in [1.165, 1.54) is 18.2 Å². The fourth-order valence-electron chi connectivity index (χ4n) is 2.26. The molecule has 0 aliphatic carbocycles. The molecule has 0 atom stereocenters. The topological polar surface area (TPSA) is 72.9 Å². The molecule has 1 fully saturated rings. The summed E-state index contributed by atoms with van der Waals surface area (Å²) in [6.45, 7) is 6.08. The number of hydrogen-bond donors (Lipinski definition) is 2. The van der Waals surface area contributed by atoms with Crippen LogP contribution < -0.4 is 5.32 Å². The van der Waals surface area contributed by atoms with Gasteiger partial charge >= 0.3 is 12.0 Å². The molecule has 2 amide bonds. The van der Waals surface area contributed by atoms with Crippen LogP contribution in [0.25, 0.3) is 0 Å². The number of carboxylic acids is 1. The van der Waals surface area contributed by atoms with Crippen LogP contribution in [0.4, 0.5) is 10.5 Å². The smallest absolute Gasteiger partial charge is 0.335 e. The molecule has 1 heterocycles. The van der Waals surface area contributed by atoms with E-state index >= 15 is 0 Å². The van der Waals surface area contributed by atoms with Crippen LogP contribution in [0.2, 0.25) is 5.02 Å². The predicted octanol–water partition coefficient (Wildman–Crippen LogP) is 2.21. The average Bonchev–Trinajstić information content (AvgIpc) is 2.46. The standard InChI is InChI=1S/C14H18ClN3O3/c1-2-17-3-5-18(6-4-17)14(21)16-12-8-10(13(19)20)7-11(15)9-12/h7-9H,2-6H2,1H3,(H,16,21)(H,19,20). The Hall–Kier alpha value is -1.79. The van der Waals surface area contributed by atoms with Gasteiger partial charge in [-0.1, -0.05) is 18.5 Å². The monoisotopic (exact) mass is 311 g/mol. The van der Waals surface area contributed by atoms with Crippen molar-refractivity contribution in [1.29, 1.82) is 0 Å². The number of carbonyl (C=O) groups excluding carboxylic acids is 1. The molecule has 6 nitrogen and oxygen atoms in total. The van der Waals surface area contributed by atoms with Crippen molar-refractivity contribution in [3.8, 4) is 0 Å². The van der Waals surface area contributed by atoms with Crippen LogP contribution in [0.15, 0.2) is 18.2 Å². The molecule has 0 bridgehead atoms. The Morgan fingerprint density at radius 1 is 1.24 bits per heavy atom. The number of amides is 2. The number of nitrogens with zero attached hydrogens (tertiary/aromatic N) is 2. The van der Waals surface area contributed by atoms with Crippen molar-refractivity contribution in [2.24, 2.45) is 0 Å². The van der Waals surface area contributed by atoms with E-state index in [2.05, 4.69) is 17.1 Å². The van der Waals surface area contributed by atoms with Crippen LogP contribution in [0, 0.1) is 0 Å².